The average molecular weight is 438 g/mol. The molecule has 0 aliphatic carbocycles. The van der Waals surface area contributed by atoms with E-state index in [0.717, 1.165) is 53.1 Å². The van der Waals surface area contributed by atoms with Crippen LogP contribution < -0.4 is 4.90 Å². The maximum atomic E-state index is 12.9. The zero-order valence-corrected chi connectivity index (χ0v) is 19.4. The molecule has 2 heterocycles. The lowest BCUT2D eigenvalue weighted by Crippen LogP contribution is -2.49. The minimum atomic E-state index is 0.127. The number of thiazole rings is 1. The lowest BCUT2D eigenvalue weighted by Gasteiger charge is -2.37. The van der Waals surface area contributed by atoms with Gasteiger partial charge in [0.05, 0.1) is 10.7 Å². The van der Waals surface area contributed by atoms with Crippen LogP contribution in [0.5, 0.6) is 0 Å². The third-order valence-electron chi connectivity index (χ3n) is 5.64. The third kappa shape index (κ3) is 4.71. The molecule has 4 rings (SSSR count). The van der Waals surface area contributed by atoms with E-state index in [4.69, 9.17) is 0 Å². The van der Waals surface area contributed by atoms with Gasteiger partial charge in [-0.1, -0.05) is 12.1 Å². The van der Waals surface area contributed by atoms with Crippen LogP contribution in [0.1, 0.15) is 32.2 Å². The van der Waals surface area contributed by atoms with Crippen LogP contribution in [-0.4, -0.2) is 42.0 Å². The van der Waals surface area contributed by atoms with Crippen molar-refractivity contribution in [1.82, 2.24) is 9.88 Å². The Morgan fingerprint density at radius 3 is 2.43 bits per heavy atom. The fourth-order valence-corrected chi connectivity index (χ4v) is 5.25. The summed E-state index contributed by atoms with van der Waals surface area (Å²) in [4.78, 5) is 23.0. The number of anilines is 1. The first kappa shape index (κ1) is 20.9. The van der Waals surface area contributed by atoms with E-state index in [1.54, 1.807) is 23.1 Å². The van der Waals surface area contributed by atoms with E-state index < -0.39 is 0 Å². The molecule has 1 saturated heterocycles. The number of aromatic nitrogens is 1. The van der Waals surface area contributed by atoms with E-state index in [9.17, 15) is 4.79 Å². The highest BCUT2D eigenvalue weighted by atomic mass is 32.2. The van der Waals surface area contributed by atoms with Gasteiger partial charge in [0, 0.05) is 53.5 Å². The summed E-state index contributed by atoms with van der Waals surface area (Å²) < 4.78 is 0. The van der Waals surface area contributed by atoms with Crippen molar-refractivity contribution in [2.75, 3.05) is 31.1 Å². The standard InChI is InChI=1S/C24H27N3OS2/c1-17-5-4-6-23(18(17)2)26-11-13-27(14-12-26)24(28)20-7-9-22(10-8-20)30-16-21-15-29-19(3)25-21/h4-10,15H,11-14,16H2,1-3H3. The first-order valence-corrected chi connectivity index (χ1v) is 12.1. The Morgan fingerprint density at radius 2 is 1.77 bits per heavy atom. The van der Waals surface area contributed by atoms with E-state index in [0.29, 0.717) is 0 Å². The summed E-state index contributed by atoms with van der Waals surface area (Å²) in [6.07, 6.45) is 0. The first-order valence-electron chi connectivity index (χ1n) is 10.3. The molecule has 1 aliphatic rings. The second-order valence-corrected chi connectivity index (χ2v) is 9.78. The monoisotopic (exact) mass is 437 g/mol. The molecule has 3 aromatic rings. The number of hydrogen-bond donors (Lipinski definition) is 0. The normalized spacial score (nSPS) is 14.2. The summed E-state index contributed by atoms with van der Waals surface area (Å²) in [5.41, 5.74) is 5.82. The fourth-order valence-electron chi connectivity index (χ4n) is 3.74. The molecule has 156 valence electrons. The number of carbonyl (C=O) groups is 1. The van der Waals surface area contributed by atoms with Gasteiger partial charge in [0.2, 0.25) is 0 Å². The number of nitrogens with zero attached hydrogens (tertiary/aromatic N) is 3. The quantitative estimate of drug-likeness (QED) is 0.506. The molecule has 1 aromatic heterocycles. The highest BCUT2D eigenvalue weighted by Gasteiger charge is 2.23. The Morgan fingerprint density at radius 1 is 1.03 bits per heavy atom. The van der Waals surface area contributed by atoms with Crippen molar-refractivity contribution >= 4 is 34.7 Å². The van der Waals surface area contributed by atoms with Gasteiger partial charge in [-0.3, -0.25) is 4.79 Å². The smallest absolute Gasteiger partial charge is 0.253 e. The van der Waals surface area contributed by atoms with E-state index in [-0.39, 0.29) is 5.91 Å². The maximum absolute atomic E-state index is 12.9. The molecule has 0 atom stereocenters. The number of piperazine rings is 1. The van der Waals surface area contributed by atoms with Gasteiger partial charge in [0.1, 0.15) is 0 Å². The highest BCUT2D eigenvalue weighted by molar-refractivity contribution is 7.98. The van der Waals surface area contributed by atoms with Gasteiger partial charge in [-0.15, -0.1) is 23.1 Å². The summed E-state index contributed by atoms with van der Waals surface area (Å²) in [6.45, 7) is 9.61. The minimum absolute atomic E-state index is 0.127. The zero-order chi connectivity index (χ0) is 21.1. The van der Waals surface area contributed by atoms with Crippen molar-refractivity contribution in [2.45, 2.75) is 31.4 Å². The van der Waals surface area contributed by atoms with Crippen molar-refractivity contribution in [3.8, 4) is 0 Å². The molecule has 0 N–H and O–H groups in total. The van der Waals surface area contributed by atoms with Crippen LogP contribution in [-0.2, 0) is 5.75 Å². The van der Waals surface area contributed by atoms with Crippen LogP contribution >= 0.6 is 23.1 Å². The SMILES string of the molecule is Cc1nc(CSc2ccc(C(=O)N3CCN(c4cccc(C)c4C)CC3)cc2)cs1. The summed E-state index contributed by atoms with van der Waals surface area (Å²) >= 11 is 3.44. The highest BCUT2D eigenvalue weighted by Crippen LogP contribution is 2.26. The van der Waals surface area contributed by atoms with Gasteiger partial charge in [0.15, 0.2) is 0 Å². The van der Waals surface area contributed by atoms with Crippen molar-refractivity contribution in [2.24, 2.45) is 0 Å². The third-order valence-corrected chi connectivity index (χ3v) is 7.51. The number of amides is 1. The molecule has 0 unspecified atom stereocenters. The van der Waals surface area contributed by atoms with Gasteiger partial charge in [-0.05, 0) is 62.2 Å². The molecule has 4 nitrogen and oxygen atoms in total. The topological polar surface area (TPSA) is 36.4 Å². The molecule has 0 radical (unpaired) electrons. The molecular weight excluding hydrogens is 410 g/mol. The predicted molar refractivity (Wildman–Crippen MR) is 127 cm³/mol. The van der Waals surface area contributed by atoms with Crippen molar-refractivity contribution in [3.05, 3.63) is 75.2 Å². The zero-order valence-electron chi connectivity index (χ0n) is 17.7. The Hall–Kier alpha value is -2.31. The largest absolute Gasteiger partial charge is 0.368 e. The number of carbonyl (C=O) groups excluding carboxylic acids is 1. The van der Waals surface area contributed by atoms with Crippen LogP contribution in [0.2, 0.25) is 0 Å². The molecule has 6 heteroatoms. The summed E-state index contributed by atoms with van der Waals surface area (Å²) in [5.74, 6) is 0.986. The molecule has 1 amide bonds. The van der Waals surface area contributed by atoms with Gasteiger partial charge >= 0.3 is 0 Å². The van der Waals surface area contributed by atoms with Crippen LogP contribution in [0, 0.1) is 20.8 Å². The lowest BCUT2D eigenvalue weighted by molar-refractivity contribution is 0.0746. The van der Waals surface area contributed by atoms with E-state index in [2.05, 4.69) is 47.3 Å². The number of benzene rings is 2. The number of thioether (sulfide) groups is 1. The second-order valence-electron chi connectivity index (χ2n) is 7.67. The summed E-state index contributed by atoms with van der Waals surface area (Å²) in [7, 11) is 0. The molecule has 2 aromatic carbocycles. The Balaban J connectivity index is 1.33. The Kier molecular flexibility index (Phi) is 6.44. The molecule has 0 saturated carbocycles. The lowest BCUT2D eigenvalue weighted by atomic mass is 10.1. The van der Waals surface area contributed by atoms with Crippen molar-refractivity contribution in [3.63, 3.8) is 0 Å². The van der Waals surface area contributed by atoms with Crippen molar-refractivity contribution < 1.29 is 4.79 Å². The number of aryl methyl sites for hydroxylation is 2. The number of hydrogen-bond acceptors (Lipinski definition) is 5. The molecule has 1 fully saturated rings. The Bertz CT molecular complexity index is 1020. The number of rotatable bonds is 5. The fraction of sp³-hybridized carbons (Fsp3) is 0.333. The van der Waals surface area contributed by atoms with Gasteiger partial charge < -0.3 is 9.80 Å². The van der Waals surface area contributed by atoms with Crippen LogP contribution in [0.25, 0.3) is 0 Å². The van der Waals surface area contributed by atoms with E-state index in [1.165, 1.54) is 16.8 Å². The minimum Gasteiger partial charge on any atom is -0.368 e. The van der Waals surface area contributed by atoms with E-state index in [1.807, 2.05) is 36.1 Å². The van der Waals surface area contributed by atoms with Crippen LogP contribution in [0.15, 0.2) is 52.7 Å². The molecule has 0 spiro atoms. The molecular formula is C24H27N3OS2. The average Bonchev–Trinajstić information content (AvgIpc) is 3.19. The van der Waals surface area contributed by atoms with Crippen LogP contribution in [0.4, 0.5) is 5.69 Å². The molecule has 1 aliphatic heterocycles. The second kappa shape index (κ2) is 9.23. The van der Waals surface area contributed by atoms with Gasteiger partial charge in [-0.25, -0.2) is 4.98 Å². The summed E-state index contributed by atoms with van der Waals surface area (Å²) in [6, 6.07) is 14.4. The van der Waals surface area contributed by atoms with Gasteiger partial charge in [-0.2, -0.15) is 0 Å². The van der Waals surface area contributed by atoms with E-state index >= 15 is 0 Å². The molecule has 0 bridgehead atoms. The first-order chi connectivity index (χ1) is 14.5. The maximum Gasteiger partial charge on any atom is 0.253 e. The molecule has 30 heavy (non-hydrogen) atoms. The van der Waals surface area contributed by atoms with Crippen molar-refractivity contribution in [1.29, 1.82) is 0 Å². The Labute approximate surface area is 186 Å². The van der Waals surface area contributed by atoms with Gasteiger partial charge in [0.25, 0.3) is 5.91 Å². The van der Waals surface area contributed by atoms with Crippen LogP contribution in [0.3, 0.4) is 0 Å². The summed E-state index contributed by atoms with van der Waals surface area (Å²) in [5, 5.41) is 3.21. The predicted octanol–water partition coefficient (Wildman–Crippen LogP) is 5.32.